The Morgan fingerprint density at radius 1 is 1.03 bits per heavy atom. The van der Waals surface area contributed by atoms with Gasteiger partial charge in [0, 0.05) is 18.8 Å². The highest BCUT2D eigenvalue weighted by Crippen LogP contribution is 2.29. The Hall–Kier alpha value is -3.61. The molecule has 0 fully saturated rings. The van der Waals surface area contributed by atoms with E-state index in [0.717, 1.165) is 12.8 Å². The summed E-state index contributed by atoms with van der Waals surface area (Å²) in [5.41, 5.74) is 2.09. The van der Waals surface area contributed by atoms with Crippen LogP contribution in [0, 0.1) is 0 Å². The number of amides is 1. The van der Waals surface area contributed by atoms with Gasteiger partial charge < -0.3 is 20.1 Å². The number of aromatic nitrogens is 2. The largest absolute Gasteiger partial charge is 0.497 e. The van der Waals surface area contributed by atoms with Gasteiger partial charge in [-0.15, -0.1) is 0 Å². The van der Waals surface area contributed by atoms with Crippen molar-refractivity contribution in [2.75, 3.05) is 31.4 Å². The Kier molecular flexibility index (Phi) is 7.00. The van der Waals surface area contributed by atoms with Gasteiger partial charge in [0.05, 0.1) is 19.9 Å². The number of nitrogens with one attached hydrogen (secondary N) is 2. The first-order valence-corrected chi connectivity index (χ1v) is 9.34. The molecule has 7 nitrogen and oxygen atoms in total. The van der Waals surface area contributed by atoms with Gasteiger partial charge in [0.15, 0.2) is 0 Å². The van der Waals surface area contributed by atoms with Crippen LogP contribution >= 0.6 is 0 Å². The number of benzene rings is 2. The predicted molar refractivity (Wildman–Crippen MR) is 113 cm³/mol. The molecule has 0 unspecified atom stereocenters. The molecule has 0 bridgehead atoms. The van der Waals surface area contributed by atoms with Gasteiger partial charge in [-0.05, 0) is 36.6 Å². The molecule has 0 saturated carbocycles. The molecular weight excluding hydrogens is 368 g/mol. The van der Waals surface area contributed by atoms with E-state index in [0.29, 0.717) is 29.7 Å². The van der Waals surface area contributed by atoms with Crippen molar-refractivity contribution in [1.29, 1.82) is 0 Å². The van der Waals surface area contributed by atoms with Crippen LogP contribution in [0.4, 0.5) is 11.6 Å². The Morgan fingerprint density at radius 3 is 2.62 bits per heavy atom. The highest BCUT2D eigenvalue weighted by atomic mass is 16.5. The van der Waals surface area contributed by atoms with Crippen molar-refractivity contribution in [3.8, 4) is 11.5 Å². The van der Waals surface area contributed by atoms with E-state index in [1.54, 1.807) is 37.6 Å². The maximum atomic E-state index is 12.6. The van der Waals surface area contributed by atoms with Gasteiger partial charge in [0.25, 0.3) is 5.91 Å². The van der Waals surface area contributed by atoms with E-state index in [9.17, 15) is 4.79 Å². The van der Waals surface area contributed by atoms with Crippen LogP contribution < -0.4 is 20.1 Å². The number of nitrogens with zero attached hydrogens (tertiary/aromatic N) is 2. The van der Waals surface area contributed by atoms with Gasteiger partial charge in [-0.1, -0.05) is 30.3 Å². The van der Waals surface area contributed by atoms with Gasteiger partial charge in [-0.25, -0.2) is 9.97 Å². The summed E-state index contributed by atoms with van der Waals surface area (Å²) < 4.78 is 10.5. The number of ether oxygens (including phenoxy) is 2. The number of hydrogen-bond donors (Lipinski definition) is 2. The lowest BCUT2D eigenvalue weighted by Crippen LogP contribution is -2.16. The summed E-state index contributed by atoms with van der Waals surface area (Å²) in [5, 5.41) is 5.98. The van der Waals surface area contributed by atoms with E-state index in [4.69, 9.17) is 9.47 Å². The number of methoxy groups -OCH3 is 2. The van der Waals surface area contributed by atoms with Gasteiger partial charge in [0.2, 0.25) is 5.95 Å². The third-order valence-electron chi connectivity index (χ3n) is 4.31. The minimum absolute atomic E-state index is 0.267. The van der Waals surface area contributed by atoms with Crippen molar-refractivity contribution in [2.24, 2.45) is 0 Å². The van der Waals surface area contributed by atoms with Crippen molar-refractivity contribution < 1.29 is 14.3 Å². The van der Waals surface area contributed by atoms with Crippen LogP contribution in [0.3, 0.4) is 0 Å². The van der Waals surface area contributed by atoms with Crippen LogP contribution in [-0.4, -0.2) is 36.6 Å². The molecule has 0 saturated heterocycles. The molecule has 0 aliphatic rings. The zero-order valence-electron chi connectivity index (χ0n) is 16.5. The van der Waals surface area contributed by atoms with Gasteiger partial charge in [-0.2, -0.15) is 0 Å². The summed E-state index contributed by atoms with van der Waals surface area (Å²) in [7, 11) is 3.11. The van der Waals surface area contributed by atoms with Gasteiger partial charge >= 0.3 is 0 Å². The van der Waals surface area contributed by atoms with Crippen molar-refractivity contribution >= 4 is 17.5 Å². The smallest absolute Gasteiger partial charge is 0.274 e. The third kappa shape index (κ3) is 5.68. The third-order valence-corrected chi connectivity index (χ3v) is 4.31. The van der Waals surface area contributed by atoms with Crippen molar-refractivity contribution in [1.82, 2.24) is 9.97 Å². The molecule has 0 atom stereocenters. The van der Waals surface area contributed by atoms with E-state index in [2.05, 4.69) is 32.7 Å². The molecule has 1 heterocycles. The number of anilines is 2. The predicted octanol–water partition coefficient (Wildman–Crippen LogP) is 3.79. The van der Waals surface area contributed by atoms with Crippen molar-refractivity contribution in [3.05, 3.63) is 72.1 Å². The highest BCUT2D eigenvalue weighted by Gasteiger charge is 2.13. The van der Waals surface area contributed by atoms with Crippen molar-refractivity contribution in [3.63, 3.8) is 0 Å². The lowest BCUT2D eigenvalue weighted by Gasteiger charge is -2.12. The Labute approximate surface area is 170 Å². The Morgan fingerprint density at radius 2 is 1.86 bits per heavy atom. The molecule has 3 aromatic rings. The van der Waals surface area contributed by atoms with Crippen LogP contribution in [-0.2, 0) is 6.42 Å². The van der Waals surface area contributed by atoms with E-state index >= 15 is 0 Å². The number of aryl methyl sites for hydroxylation is 1. The van der Waals surface area contributed by atoms with Gasteiger partial charge in [0.1, 0.15) is 17.2 Å². The van der Waals surface area contributed by atoms with Crippen molar-refractivity contribution in [2.45, 2.75) is 12.8 Å². The molecule has 2 N–H and O–H groups in total. The lowest BCUT2D eigenvalue weighted by molar-refractivity contribution is 0.102. The molecule has 0 aliphatic carbocycles. The number of hydrogen-bond acceptors (Lipinski definition) is 6. The Balaban J connectivity index is 1.58. The summed E-state index contributed by atoms with van der Waals surface area (Å²) >= 11 is 0. The first kappa shape index (κ1) is 20.1. The molecule has 0 radical (unpaired) electrons. The molecule has 0 spiro atoms. The summed E-state index contributed by atoms with van der Waals surface area (Å²) in [5.74, 6) is 1.23. The lowest BCUT2D eigenvalue weighted by atomic mass is 10.1. The number of carbonyl (C=O) groups excluding carboxylic acids is 1. The van der Waals surface area contributed by atoms with Crippen LogP contribution in [0.5, 0.6) is 11.5 Å². The van der Waals surface area contributed by atoms with Gasteiger partial charge in [-0.3, -0.25) is 4.79 Å². The normalized spacial score (nSPS) is 10.3. The standard InChI is InChI=1S/C22H24N4O3/c1-28-17-10-11-18(20(15-17)29-2)25-21(27)19-12-14-24-22(26-19)23-13-6-9-16-7-4-3-5-8-16/h3-5,7-8,10-12,14-15H,6,9,13H2,1-2H3,(H,25,27)(H,23,24,26). The van der Waals surface area contributed by atoms with Crippen LogP contribution in [0.25, 0.3) is 0 Å². The van der Waals surface area contributed by atoms with Crippen LogP contribution in [0.2, 0.25) is 0 Å². The van der Waals surface area contributed by atoms with Crippen LogP contribution in [0.15, 0.2) is 60.8 Å². The molecule has 7 heteroatoms. The second-order valence-electron chi connectivity index (χ2n) is 6.30. The fourth-order valence-corrected chi connectivity index (χ4v) is 2.80. The molecule has 3 rings (SSSR count). The minimum Gasteiger partial charge on any atom is -0.497 e. The zero-order chi connectivity index (χ0) is 20.5. The first-order valence-electron chi connectivity index (χ1n) is 9.34. The second-order valence-corrected chi connectivity index (χ2v) is 6.30. The Bertz CT molecular complexity index is 948. The fourth-order valence-electron chi connectivity index (χ4n) is 2.80. The molecule has 29 heavy (non-hydrogen) atoms. The number of rotatable bonds is 9. The summed E-state index contributed by atoms with van der Waals surface area (Å²) in [6.07, 6.45) is 3.46. The molecule has 150 valence electrons. The average molecular weight is 392 g/mol. The molecular formula is C22H24N4O3. The maximum absolute atomic E-state index is 12.6. The van der Waals surface area contributed by atoms with E-state index in [1.165, 1.54) is 12.7 Å². The second kappa shape index (κ2) is 10.1. The van der Waals surface area contributed by atoms with E-state index < -0.39 is 0 Å². The quantitative estimate of drug-likeness (QED) is 0.539. The summed E-state index contributed by atoms with van der Waals surface area (Å²) in [6, 6.07) is 17.0. The fraction of sp³-hybridized carbons (Fsp3) is 0.227. The summed E-state index contributed by atoms with van der Waals surface area (Å²) in [4.78, 5) is 21.1. The molecule has 0 aliphatic heterocycles. The maximum Gasteiger partial charge on any atom is 0.274 e. The molecule has 1 aromatic heterocycles. The van der Waals surface area contributed by atoms with E-state index in [1.807, 2.05) is 18.2 Å². The topological polar surface area (TPSA) is 85.4 Å². The van der Waals surface area contributed by atoms with E-state index in [-0.39, 0.29) is 11.6 Å². The number of carbonyl (C=O) groups is 1. The zero-order valence-corrected chi connectivity index (χ0v) is 16.5. The average Bonchev–Trinajstić information content (AvgIpc) is 2.78. The first-order chi connectivity index (χ1) is 14.2. The molecule has 1 amide bonds. The molecule has 2 aromatic carbocycles. The highest BCUT2D eigenvalue weighted by molar-refractivity contribution is 6.03. The van der Waals surface area contributed by atoms with Crippen LogP contribution in [0.1, 0.15) is 22.5 Å². The minimum atomic E-state index is -0.344. The SMILES string of the molecule is COc1ccc(NC(=O)c2ccnc(NCCCc3ccccc3)n2)c(OC)c1. The summed E-state index contributed by atoms with van der Waals surface area (Å²) in [6.45, 7) is 0.715. The monoisotopic (exact) mass is 392 g/mol.